The number of nitrogens with one attached hydrogen (secondary N) is 1. The van der Waals surface area contributed by atoms with Crippen LogP contribution in [-0.4, -0.2) is 38.1 Å². The summed E-state index contributed by atoms with van der Waals surface area (Å²) in [6.07, 6.45) is 0. The molecule has 1 unspecified atom stereocenters. The molecule has 2 aromatic rings. The fourth-order valence-corrected chi connectivity index (χ4v) is 3.12. The molecule has 1 aliphatic heterocycles. The van der Waals surface area contributed by atoms with Gasteiger partial charge < -0.3 is 15.1 Å². The maximum atomic E-state index is 8.85. The van der Waals surface area contributed by atoms with E-state index in [0.29, 0.717) is 5.56 Å². The van der Waals surface area contributed by atoms with Crippen LogP contribution in [0.2, 0.25) is 0 Å². The third kappa shape index (κ3) is 4.60. The number of hydrogen-bond donors (Lipinski definition) is 1. The Labute approximate surface area is 150 Å². The second kappa shape index (κ2) is 8.15. The first-order valence-electron chi connectivity index (χ1n) is 8.91. The van der Waals surface area contributed by atoms with Gasteiger partial charge in [-0.3, -0.25) is 0 Å². The van der Waals surface area contributed by atoms with Crippen molar-refractivity contribution in [1.29, 1.82) is 5.26 Å². The van der Waals surface area contributed by atoms with E-state index in [1.54, 1.807) is 0 Å². The second-order valence-corrected chi connectivity index (χ2v) is 6.79. The average molecular weight is 334 g/mol. The molecule has 1 aliphatic rings. The number of benzene rings is 2. The van der Waals surface area contributed by atoms with Gasteiger partial charge in [0.2, 0.25) is 0 Å². The van der Waals surface area contributed by atoms with Crippen LogP contribution in [0.4, 0.5) is 5.69 Å². The van der Waals surface area contributed by atoms with Crippen molar-refractivity contribution in [2.24, 2.45) is 0 Å². The molecule has 4 nitrogen and oxygen atoms in total. The predicted molar refractivity (Wildman–Crippen MR) is 103 cm³/mol. The predicted octanol–water partition coefficient (Wildman–Crippen LogP) is 3.16. The first-order valence-corrected chi connectivity index (χ1v) is 8.91. The van der Waals surface area contributed by atoms with Gasteiger partial charge in [0, 0.05) is 44.5 Å². The number of likely N-dealkylation sites (N-methyl/N-ethyl adjacent to an activating group) is 1. The molecule has 130 valence electrons. The van der Waals surface area contributed by atoms with Gasteiger partial charge in [0.25, 0.3) is 0 Å². The van der Waals surface area contributed by atoms with Crippen molar-refractivity contribution in [2.45, 2.75) is 19.5 Å². The molecule has 0 spiro atoms. The normalized spacial score (nSPS) is 16.4. The molecule has 1 fully saturated rings. The van der Waals surface area contributed by atoms with Crippen LogP contribution >= 0.6 is 0 Å². The highest BCUT2D eigenvalue weighted by atomic mass is 15.2. The van der Waals surface area contributed by atoms with Gasteiger partial charge in [0.1, 0.15) is 0 Å². The lowest BCUT2D eigenvalue weighted by molar-refractivity contribution is 0.313. The molecule has 0 radical (unpaired) electrons. The number of anilines is 1. The molecule has 0 aliphatic carbocycles. The second-order valence-electron chi connectivity index (χ2n) is 6.79. The molecular weight excluding hydrogens is 308 g/mol. The standard InChI is InChI=1S/C21H26N4/c1-17(23-16-19-5-3-18(15-22)4-6-19)20-7-9-21(10-8-20)25-13-11-24(2)12-14-25/h3-10,17,23H,11-14,16H2,1-2H3. The van der Waals surface area contributed by atoms with Gasteiger partial charge in [-0.25, -0.2) is 0 Å². The lowest BCUT2D eigenvalue weighted by atomic mass is 10.1. The van der Waals surface area contributed by atoms with Crippen LogP contribution in [-0.2, 0) is 6.54 Å². The number of hydrogen-bond acceptors (Lipinski definition) is 4. The van der Waals surface area contributed by atoms with Gasteiger partial charge in [-0.1, -0.05) is 24.3 Å². The Morgan fingerprint density at radius 2 is 1.64 bits per heavy atom. The quantitative estimate of drug-likeness (QED) is 0.912. The summed E-state index contributed by atoms with van der Waals surface area (Å²) < 4.78 is 0. The van der Waals surface area contributed by atoms with Crippen LogP contribution in [0.5, 0.6) is 0 Å². The third-order valence-corrected chi connectivity index (χ3v) is 4.96. The average Bonchev–Trinajstić information content (AvgIpc) is 2.67. The zero-order valence-electron chi connectivity index (χ0n) is 15.1. The highest BCUT2D eigenvalue weighted by Crippen LogP contribution is 2.20. The van der Waals surface area contributed by atoms with Crippen LogP contribution in [0, 0.1) is 11.3 Å². The number of nitrogens with zero attached hydrogens (tertiary/aromatic N) is 3. The molecule has 4 heteroatoms. The van der Waals surface area contributed by atoms with E-state index in [1.807, 2.05) is 24.3 Å². The van der Waals surface area contributed by atoms with E-state index in [9.17, 15) is 0 Å². The van der Waals surface area contributed by atoms with Gasteiger partial charge in [-0.05, 0) is 49.4 Å². The van der Waals surface area contributed by atoms with Crippen molar-refractivity contribution in [2.75, 3.05) is 38.1 Å². The van der Waals surface area contributed by atoms with Crippen molar-refractivity contribution in [3.63, 3.8) is 0 Å². The van der Waals surface area contributed by atoms with Gasteiger partial charge in [0.05, 0.1) is 11.6 Å². The van der Waals surface area contributed by atoms with Crippen LogP contribution in [0.25, 0.3) is 0 Å². The maximum Gasteiger partial charge on any atom is 0.0991 e. The van der Waals surface area contributed by atoms with E-state index in [4.69, 9.17) is 5.26 Å². The van der Waals surface area contributed by atoms with Crippen molar-refractivity contribution in [3.05, 3.63) is 65.2 Å². The Bertz CT molecular complexity index is 707. The fourth-order valence-electron chi connectivity index (χ4n) is 3.12. The Kier molecular flexibility index (Phi) is 5.70. The first kappa shape index (κ1) is 17.5. The fraction of sp³-hybridized carbons (Fsp3) is 0.381. The van der Waals surface area contributed by atoms with Gasteiger partial charge in [0.15, 0.2) is 0 Å². The molecule has 25 heavy (non-hydrogen) atoms. The molecule has 0 bridgehead atoms. The summed E-state index contributed by atoms with van der Waals surface area (Å²) in [5.41, 5.74) is 4.51. The minimum absolute atomic E-state index is 0.289. The Balaban J connectivity index is 1.55. The lowest BCUT2D eigenvalue weighted by Gasteiger charge is -2.34. The monoisotopic (exact) mass is 334 g/mol. The van der Waals surface area contributed by atoms with Crippen molar-refractivity contribution < 1.29 is 0 Å². The maximum absolute atomic E-state index is 8.85. The van der Waals surface area contributed by atoms with Crippen LogP contribution < -0.4 is 10.2 Å². The summed E-state index contributed by atoms with van der Waals surface area (Å²) in [6, 6.07) is 19.1. The minimum atomic E-state index is 0.289. The van der Waals surface area contributed by atoms with E-state index >= 15 is 0 Å². The summed E-state index contributed by atoms with van der Waals surface area (Å²) in [5, 5.41) is 12.4. The minimum Gasteiger partial charge on any atom is -0.369 e. The van der Waals surface area contributed by atoms with E-state index in [1.165, 1.54) is 16.8 Å². The van der Waals surface area contributed by atoms with E-state index in [0.717, 1.165) is 32.7 Å². The van der Waals surface area contributed by atoms with Crippen LogP contribution in [0.1, 0.15) is 29.7 Å². The van der Waals surface area contributed by atoms with Gasteiger partial charge in [-0.2, -0.15) is 5.26 Å². The van der Waals surface area contributed by atoms with Crippen molar-refractivity contribution >= 4 is 5.69 Å². The summed E-state index contributed by atoms with van der Waals surface area (Å²) in [7, 11) is 2.18. The first-order chi connectivity index (χ1) is 12.2. The Morgan fingerprint density at radius 3 is 2.24 bits per heavy atom. The highest BCUT2D eigenvalue weighted by molar-refractivity contribution is 5.48. The zero-order valence-corrected chi connectivity index (χ0v) is 15.1. The summed E-state index contributed by atoms with van der Waals surface area (Å²) in [6.45, 7) is 7.45. The van der Waals surface area contributed by atoms with E-state index in [-0.39, 0.29) is 6.04 Å². The van der Waals surface area contributed by atoms with Crippen molar-refractivity contribution in [1.82, 2.24) is 10.2 Å². The smallest absolute Gasteiger partial charge is 0.0991 e. The highest BCUT2D eigenvalue weighted by Gasteiger charge is 2.14. The van der Waals surface area contributed by atoms with E-state index in [2.05, 4.69) is 59.4 Å². The zero-order chi connectivity index (χ0) is 17.6. The van der Waals surface area contributed by atoms with Crippen molar-refractivity contribution in [3.8, 4) is 6.07 Å². The topological polar surface area (TPSA) is 42.3 Å². The number of rotatable bonds is 5. The third-order valence-electron chi connectivity index (χ3n) is 4.96. The Hall–Kier alpha value is -2.35. The largest absolute Gasteiger partial charge is 0.369 e. The SMILES string of the molecule is CC(NCc1ccc(C#N)cc1)c1ccc(N2CCN(C)CC2)cc1. The van der Waals surface area contributed by atoms with Crippen LogP contribution in [0.15, 0.2) is 48.5 Å². The van der Waals surface area contributed by atoms with Gasteiger partial charge in [-0.15, -0.1) is 0 Å². The summed E-state index contributed by atoms with van der Waals surface area (Å²) in [5.74, 6) is 0. The Morgan fingerprint density at radius 1 is 1.00 bits per heavy atom. The molecule has 0 saturated carbocycles. The number of nitriles is 1. The molecule has 1 heterocycles. The molecule has 2 aromatic carbocycles. The van der Waals surface area contributed by atoms with Crippen LogP contribution in [0.3, 0.4) is 0 Å². The lowest BCUT2D eigenvalue weighted by Crippen LogP contribution is -2.44. The van der Waals surface area contributed by atoms with E-state index < -0.39 is 0 Å². The number of piperazine rings is 1. The molecule has 0 aromatic heterocycles. The molecule has 3 rings (SSSR count). The summed E-state index contributed by atoms with van der Waals surface area (Å²) >= 11 is 0. The molecular formula is C21H26N4. The molecule has 1 N–H and O–H groups in total. The molecule has 1 atom stereocenters. The molecule has 1 saturated heterocycles. The summed E-state index contributed by atoms with van der Waals surface area (Å²) in [4.78, 5) is 4.83. The van der Waals surface area contributed by atoms with Gasteiger partial charge >= 0.3 is 0 Å². The molecule has 0 amide bonds.